The van der Waals surface area contributed by atoms with Gasteiger partial charge in [0.1, 0.15) is 11.4 Å². The fourth-order valence-corrected chi connectivity index (χ4v) is 3.52. The molecule has 0 saturated heterocycles. The molecule has 1 N–H and O–H groups in total. The number of ether oxygens (including phenoxy) is 1. The van der Waals surface area contributed by atoms with Gasteiger partial charge in [-0.25, -0.2) is 0 Å². The van der Waals surface area contributed by atoms with Gasteiger partial charge in [0.05, 0.1) is 18.9 Å². The van der Waals surface area contributed by atoms with Crippen molar-refractivity contribution >= 4 is 17.0 Å². The zero-order valence-electron chi connectivity index (χ0n) is 16.6. The summed E-state index contributed by atoms with van der Waals surface area (Å²) in [6.45, 7) is 3.20. The lowest BCUT2D eigenvalue weighted by Crippen LogP contribution is -2.28. The number of nitrogens with one attached hydrogen (secondary N) is 1. The average molecular weight is 388 g/mol. The third-order valence-corrected chi connectivity index (χ3v) is 5.09. The van der Waals surface area contributed by atoms with Crippen LogP contribution in [-0.2, 0) is 13.0 Å². The largest absolute Gasteiger partial charge is 0.496 e. The van der Waals surface area contributed by atoms with Gasteiger partial charge in [0, 0.05) is 25.2 Å². The topological polar surface area (TPSA) is 56.4 Å². The Hall–Kier alpha value is -3.47. The smallest absolute Gasteiger partial charge is 0.268 e. The molecule has 0 saturated carbocycles. The van der Waals surface area contributed by atoms with Crippen LogP contribution in [0.5, 0.6) is 5.75 Å². The number of aromatic nitrogens is 1. The number of carbonyl (C=O) groups is 1. The van der Waals surface area contributed by atoms with Crippen LogP contribution in [0.3, 0.4) is 0 Å². The van der Waals surface area contributed by atoms with E-state index in [0.29, 0.717) is 30.8 Å². The maximum Gasteiger partial charge on any atom is 0.268 e. The van der Waals surface area contributed by atoms with E-state index in [4.69, 9.17) is 9.15 Å². The molecule has 29 heavy (non-hydrogen) atoms. The lowest BCUT2D eigenvalue weighted by atomic mass is 10.1. The van der Waals surface area contributed by atoms with Crippen LogP contribution in [0.4, 0.5) is 0 Å². The zero-order valence-corrected chi connectivity index (χ0v) is 16.6. The van der Waals surface area contributed by atoms with E-state index in [2.05, 4.69) is 36.5 Å². The van der Waals surface area contributed by atoms with E-state index in [1.165, 1.54) is 5.56 Å². The molecule has 0 radical (unpaired) electrons. The third kappa shape index (κ3) is 4.04. The van der Waals surface area contributed by atoms with E-state index in [9.17, 15) is 4.79 Å². The molecule has 0 atom stereocenters. The summed E-state index contributed by atoms with van der Waals surface area (Å²) in [5.41, 5.74) is 5.65. The third-order valence-electron chi connectivity index (χ3n) is 5.09. The van der Waals surface area contributed by atoms with Gasteiger partial charge in [-0.1, -0.05) is 48.0 Å². The summed E-state index contributed by atoms with van der Waals surface area (Å²) in [6.07, 6.45) is 2.35. The summed E-state index contributed by atoms with van der Waals surface area (Å²) < 4.78 is 12.9. The van der Waals surface area contributed by atoms with E-state index in [1.54, 1.807) is 13.4 Å². The predicted octanol–water partition coefficient (Wildman–Crippen LogP) is 4.57. The lowest BCUT2D eigenvalue weighted by molar-refractivity contribution is 0.0945. The van der Waals surface area contributed by atoms with Crippen LogP contribution in [0.25, 0.3) is 11.1 Å². The summed E-state index contributed by atoms with van der Waals surface area (Å²) >= 11 is 0. The van der Waals surface area contributed by atoms with Gasteiger partial charge < -0.3 is 19.0 Å². The molecule has 2 heterocycles. The number of hydrogen-bond acceptors (Lipinski definition) is 3. The van der Waals surface area contributed by atoms with Crippen molar-refractivity contribution in [2.45, 2.75) is 19.9 Å². The molecule has 148 valence electrons. The van der Waals surface area contributed by atoms with E-state index in [-0.39, 0.29) is 5.91 Å². The molecule has 0 fully saturated rings. The number of amides is 1. The highest BCUT2D eigenvalue weighted by Crippen LogP contribution is 2.23. The number of carbonyl (C=O) groups excluding carboxylic acids is 1. The number of benzene rings is 2. The van der Waals surface area contributed by atoms with E-state index in [0.717, 1.165) is 22.4 Å². The number of aryl methyl sites for hydroxylation is 1. The van der Waals surface area contributed by atoms with Crippen LogP contribution in [0, 0.1) is 6.92 Å². The summed E-state index contributed by atoms with van der Waals surface area (Å²) in [7, 11) is 1.66. The Morgan fingerprint density at radius 1 is 1.10 bits per heavy atom. The fourth-order valence-electron chi connectivity index (χ4n) is 3.52. The van der Waals surface area contributed by atoms with Crippen molar-refractivity contribution in [1.82, 2.24) is 9.88 Å². The number of hydrogen-bond donors (Lipinski definition) is 1. The van der Waals surface area contributed by atoms with Gasteiger partial charge in [0.2, 0.25) is 0 Å². The van der Waals surface area contributed by atoms with Crippen molar-refractivity contribution in [2.24, 2.45) is 0 Å². The SMILES string of the molecule is COc1ccccc1CCNC(=O)c1cc2occc2n1Cc1ccc(C)cc1. The van der Waals surface area contributed by atoms with Gasteiger partial charge in [-0.2, -0.15) is 0 Å². The number of methoxy groups -OCH3 is 1. The van der Waals surface area contributed by atoms with Crippen molar-refractivity contribution in [1.29, 1.82) is 0 Å². The minimum Gasteiger partial charge on any atom is -0.496 e. The van der Waals surface area contributed by atoms with Crippen LogP contribution >= 0.6 is 0 Å². The Morgan fingerprint density at radius 2 is 1.90 bits per heavy atom. The molecular weight excluding hydrogens is 364 g/mol. The fraction of sp³-hybridized carbons (Fsp3) is 0.208. The molecule has 5 nitrogen and oxygen atoms in total. The number of para-hydroxylation sites is 1. The first-order valence-electron chi connectivity index (χ1n) is 9.68. The van der Waals surface area contributed by atoms with Crippen LogP contribution in [0.1, 0.15) is 27.2 Å². The maximum atomic E-state index is 12.9. The molecule has 0 aliphatic rings. The summed E-state index contributed by atoms with van der Waals surface area (Å²) in [5, 5.41) is 3.03. The second-order valence-corrected chi connectivity index (χ2v) is 7.09. The first kappa shape index (κ1) is 18.9. The molecule has 1 amide bonds. The van der Waals surface area contributed by atoms with Gasteiger partial charge >= 0.3 is 0 Å². The monoisotopic (exact) mass is 388 g/mol. The standard InChI is InChI=1S/C24H24N2O3/c1-17-7-9-18(10-8-17)16-26-20-12-14-29-23(20)15-21(26)24(27)25-13-11-19-5-3-4-6-22(19)28-2/h3-10,12,14-15H,11,13,16H2,1-2H3,(H,25,27). The van der Waals surface area contributed by atoms with E-state index < -0.39 is 0 Å². The molecule has 0 unspecified atom stereocenters. The second-order valence-electron chi connectivity index (χ2n) is 7.09. The Balaban J connectivity index is 1.51. The second kappa shape index (κ2) is 8.27. The highest BCUT2D eigenvalue weighted by Gasteiger charge is 2.17. The normalized spacial score (nSPS) is 11.0. The first-order valence-corrected chi connectivity index (χ1v) is 9.68. The van der Waals surface area contributed by atoms with Gasteiger partial charge in [-0.3, -0.25) is 4.79 Å². The molecule has 5 heteroatoms. The van der Waals surface area contributed by atoms with Crippen molar-refractivity contribution < 1.29 is 13.9 Å². The van der Waals surface area contributed by atoms with Crippen LogP contribution in [0.15, 0.2) is 71.3 Å². The van der Waals surface area contributed by atoms with Crippen molar-refractivity contribution in [2.75, 3.05) is 13.7 Å². The Bertz CT molecular complexity index is 1120. The lowest BCUT2D eigenvalue weighted by Gasteiger charge is -2.12. The highest BCUT2D eigenvalue weighted by molar-refractivity contribution is 5.97. The number of rotatable bonds is 7. The Kier molecular flexibility index (Phi) is 5.38. The number of furan rings is 1. The zero-order chi connectivity index (χ0) is 20.2. The van der Waals surface area contributed by atoms with E-state index in [1.807, 2.05) is 41.0 Å². The number of nitrogens with zero attached hydrogens (tertiary/aromatic N) is 1. The Labute approximate surface area is 169 Å². The van der Waals surface area contributed by atoms with Crippen LogP contribution < -0.4 is 10.1 Å². The average Bonchev–Trinajstić information content (AvgIpc) is 3.32. The van der Waals surface area contributed by atoms with Crippen molar-refractivity contribution in [3.8, 4) is 5.75 Å². The number of fused-ring (bicyclic) bond motifs is 1. The molecule has 2 aromatic heterocycles. The van der Waals surface area contributed by atoms with Crippen molar-refractivity contribution in [3.05, 3.63) is 89.3 Å². The van der Waals surface area contributed by atoms with Crippen LogP contribution in [-0.4, -0.2) is 24.1 Å². The molecular formula is C24H24N2O3. The predicted molar refractivity (Wildman–Crippen MR) is 114 cm³/mol. The van der Waals surface area contributed by atoms with Gasteiger partial charge in [-0.15, -0.1) is 0 Å². The maximum absolute atomic E-state index is 12.9. The van der Waals surface area contributed by atoms with Gasteiger partial charge in [0.15, 0.2) is 5.58 Å². The van der Waals surface area contributed by atoms with Gasteiger partial charge in [0.25, 0.3) is 5.91 Å². The van der Waals surface area contributed by atoms with Crippen LogP contribution in [0.2, 0.25) is 0 Å². The van der Waals surface area contributed by atoms with E-state index >= 15 is 0 Å². The Morgan fingerprint density at radius 3 is 2.69 bits per heavy atom. The summed E-state index contributed by atoms with van der Waals surface area (Å²) in [5.74, 6) is 0.723. The van der Waals surface area contributed by atoms with Gasteiger partial charge in [-0.05, 0) is 30.5 Å². The summed E-state index contributed by atoms with van der Waals surface area (Å²) in [4.78, 5) is 12.9. The molecule has 4 aromatic rings. The molecule has 2 aromatic carbocycles. The highest BCUT2D eigenvalue weighted by atomic mass is 16.5. The van der Waals surface area contributed by atoms with Crippen molar-refractivity contribution in [3.63, 3.8) is 0 Å². The molecule has 0 bridgehead atoms. The molecule has 0 spiro atoms. The molecule has 4 rings (SSSR count). The molecule has 0 aliphatic carbocycles. The quantitative estimate of drug-likeness (QED) is 0.504. The minimum atomic E-state index is -0.113. The summed E-state index contributed by atoms with van der Waals surface area (Å²) in [6, 6.07) is 19.9. The molecule has 0 aliphatic heterocycles. The minimum absolute atomic E-state index is 0.113. The first-order chi connectivity index (χ1) is 14.2.